The molecule has 0 aliphatic heterocycles. The summed E-state index contributed by atoms with van der Waals surface area (Å²) >= 11 is 2.14. The topological polar surface area (TPSA) is 54.0 Å². The van der Waals surface area contributed by atoms with Gasteiger partial charge in [-0.3, -0.25) is 0 Å². The maximum atomic E-state index is 14.4. The predicted molar refractivity (Wildman–Crippen MR) is 151 cm³/mol. The zero-order valence-corrected chi connectivity index (χ0v) is 24.9. The van der Waals surface area contributed by atoms with Crippen LogP contribution in [0.3, 0.4) is 0 Å². The summed E-state index contributed by atoms with van der Waals surface area (Å²) in [6.45, 7) is 8.48. The van der Waals surface area contributed by atoms with Gasteiger partial charge in [0, 0.05) is 0 Å². The molecule has 1 fully saturated rings. The van der Waals surface area contributed by atoms with Gasteiger partial charge in [-0.15, -0.1) is 0 Å². The van der Waals surface area contributed by atoms with Crippen LogP contribution < -0.4 is 4.46 Å². The van der Waals surface area contributed by atoms with Crippen LogP contribution in [0.1, 0.15) is 33.1 Å². The van der Waals surface area contributed by atoms with Crippen LogP contribution in [0, 0.1) is 11.3 Å². The van der Waals surface area contributed by atoms with Crippen LogP contribution in [0.15, 0.2) is 77.7 Å². The first-order valence-corrected chi connectivity index (χ1v) is 15.7. The maximum absolute atomic E-state index is 14.4. The van der Waals surface area contributed by atoms with E-state index >= 15 is 0 Å². The molecule has 2 aromatic rings. The Hall–Kier alpha value is -1.44. The summed E-state index contributed by atoms with van der Waals surface area (Å²) in [6, 6.07) is 20.9. The van der Waals surface area contributed by atoms with E-state index in [9.17, 15) is 4.79 Å². The van der Waals surface area contributed by atoms with Crippen LogP contribution in [0.5, 0.6) is 0 Å². The van der Waals surface area contributed by atoms with Gasteiger partial charge in [-0.25, -0.2) is 0 Å². The molecule has 0 bridgehead atoms. The first-order valence-electron chi connectivity index (χ1n) is 12.7. The number of carbonyl (C=O) groups excluding carboxylic acids is 1. The zero-order chi connectivity index (χ0) is 26.7. The molecule has 0 unspecified atom stereocenters. The van der Waals surface area contributed by atoms with Gasteiger partial charge in [-0.1, -0.05) is 0 Å². The quantitative estimate of drug-likeness (QED) is 0.118. The Balaban J connectivity index is 1.89. The van der Waals surface area contributed by atoms with E-state index in [-0.39, 0.29) is 36.6 Å². The third kappa shape index (κ3) is 8.03. The van der Waals surface area contributed by atoms with E-state index in [1.807, 2.05) is 25.1 Å². The Morgan fingerprint density at radius 1 is 1.08 bits per heavy atom. The first-order chi connectivity index (χ1) is 17.9. The van der Waals surface area contributed by atoms with Crippen LogP contribution in [0.4, 0.5) is 0 Å². The van der Waals surface area contributed by atoms with Crippen molar-refractivity contribution in [2.24, 2.45) is 11.3 Å². The Labute approximate surface area is 232 Å². The third-order valence-electron chi connectivity index (χ3n) is 6.99. The van der Waals surface area contributed by atoms with Gasteiger partial charge in [-0.05, 0) is 0 Å². The molecule has 0 N–H and O–H groups in total. The number of hydrogen-bond donors (Lipinski definition) is 0. The van der Waals surface area contributed by atoms with E-state index in [0.29, 0.717) is 15.0 Å². The van der Waals surface area contributed by atoms with Crippen molar-refractivity contribution in [1.82, 2.24) is 0 Å². The molecular weight excluding hydrogens is 551 g/mol. The number of carbonyl (C=O) groups is 1. The number of rotatable bonds is 15. The van der Waals surface area contributed by atoms with Crippen molar-refractivity contribution in [2.75, 3.05) is 27.8 Å². The van der Waals surface area contributed by atoms with Crippen LogP contribution in [0.25, 0.3) is 0 Å². The third-order valence-corrected chi connectivity index (χ3v) is 10.8. The molecule has 1 aliphatic rings. The Morgan fingerprint density at radius 3 is 2.35 bits per heavy atom. The number of ether oxygens (including phenoxy) is 4. The molecule has 0 saturated heterocycles. The van der Waals surface area contributed by atoms with Gasteiger partial charge >= 0.3 is 233 Å². The summed E-state index contributed by atoms with van der Waals surface area (Å²) in [5.74, 6) is -0.0201. The van der Waals surface area contributed by atoms with Gasteiger partial charge in [0.1, 0.15) is 0 Å². The molecule has 3 rings (SSSR count). The number of hydrogen-bond acceptors (Lipinski definition) is 6. The van der Waals surface area contributed by atoms with E-state index in [1.54, 1.807) is 26.0 Å². The molecule has 1 aliphatic carbocycles. The second-order valence-electron chi connectivity index (χ2n) is 9.61. The van der Waals surface area contributed by atoms with Crippen molar-refractivity contribution in [3.8, 4) is 0 Å². The molecule has 0 radical (unpaired) electrons. The summed E-state index contributed by atoms with van der Waals surface area (Å²) in [6.07, 6.45) is 1.61. The summed E-state index contributed by atoms with van der Waals surface area (Å²) in [7, 11) is 3.20. The number of benzene rings is 2. The Morgan fingerprint density at radius 2 is 1.73 bits per heavy atom. The summed E-state index contributed by atoms with van der Waals surface area (Å²) in [5.41, 5.74) is 0.179. The fraction of sp³-hybridized carbons (Fsp3) is 0.500. The van der Waals surface area contributed by atoms with Gasteiger partial charge in [-0.2, -0.15) is 0 Å². The predicted octanol–water partition coefficient (Wildman–Crippen LogP) is 5.53. The van der Waals surface area contributed by atoms with Crippen molar-refractivity contribution < 1.29 is 23.7 Å². The standard InChI is InChI=1S/C30H40O5SSe/c1-22(2)25-19-27(36-23-13-8-6-9-14-23)30(3,29(31)28(25)35-21-33-5)26(34-20-32-4)17-12-18-37-24-15-10-7-11-16-24/h6-11,13-16,25-28H,1,12,17-21H2,2-5H3/t25-,26-,27+,28+,30-/m0/s1. The average molecular weight is 592 g/mol. The number of thioether (sulfide) groups is 1. The molecule has 5 nitrogen and oxygen atoms in total. The summed E-state index contributed by atoms with van der Waals surface area (Å²) in [5, 5.41) is 1.08. The second-order valence-corrected chi connectivity index (χ2v) is 13.3. The molecule has 1 saturated carbocycles. The van der Waals surface area contributed by atoms with Gasteiger partial charge in [0.15, 0.2) is 0 Å². The van der Waals surface area contributed by atoms with Crippen LogP contribution in [0.2, 0.25) is 5.32 Å². The monoisotopic (exact) mass is 592 g/mol. The van der Waals surface area contributed by atoms with Crippen LogP contribution >= 0.6 is 11.8 Å². The molecular formula is C30H40O5SSe. The van der Waals surface area contributed by atoms with Gasteiger partial charge in [0.2, 0.25) is 0 Å². The van der Waals surface area contributed by atoms with Crippen molar-refractivity contribution in [2.45, 2.75) is 60.8 Å². The molecule has 0 amide bonds. The minimum absolute atomic E-state index is 0.00650. The average Bonchev–Trinajstić information content (AvgIpc) is 2.91. The van der Waals surface area contributed by atoms with E-state index < -0.39 is 11.5 Å². The number of methoxy groups -OCH3 is 2. The SMILES string of the molecule is C=C(C)[C@@H]1C[C@@H](Sc2ccccc2)[C@](C)([C@H](CCC[Se]c2ccccc2)OCOC)C(=O)[C@@H]1OCOC. The van der Waals surface area contributed by atoms with E-state index in [4.69, 9.17) is 18.9 Å². The molecule has 0 spiro atoms. The Kier molecular flexibility index (Phi) is 12.4. The molecule has 0 heterocycles. The van der Waals surface area contributed by atoms with E-state index in [0.717, 1.165) is 35.1 Å². The number of Topliss-reactive ketones (excluding diaryl/α,β-unsaturated/α-hetero) is 1. The number of ketones is 1. The summed E-state index contributed by atoms with van der Waals surface area (Å²) in [4.78, 5) is 15.5. The summed E-state index contributed by atoms with van der Waals surface area (Å²) < 4.78 is 24.2. The van der Waals surface area contributed by atoms with Crippen LogP contribution in [-0.4, -0.2) is 66.0 Å². The molecule has 7 heteroatoms. The minimum atomic E-state index is -0.775. The van der Waals surface area contributed by atoms with Gasteiger partial charge < -0.3 is 0 Å². The van der Waals surface area contributed by atoms with Crippen LogP contribution in [-0.2, 0) is 23.7 Å². The molecule has 0 aromatic heterocycles. The molecule has 2 aromatic carbocycles. The van der Waals surface area contributed by atoms with Gasteiger partial charge in [0.25, 0.3) is 0 Å². The van der Waals surface area contributed by atoms with E-state index in [2.05, 4.69) is 56.0 Å². The second kappa shape index (κ2) is 15.2. The zero-order valence-electron chi connectivity index (χ0n) is 22.4. The molecule has 5 atom stereocenters. The normalized spacial score (nSPS) is 24.6. The first kappa shape index (κ1) is 30.1. The molecule has 37 heavy (non-hydrogen) atoms. The fourth-order valence-electron chi connectivity index (χ4n) is 4.92. The van der Waals surface area contributed by atoms with Crippen molar-refractivity contribution in [3.63, 3.8) is 0 Å². The van der Waals surface area contributed by atoms with Crippen molar-refractivity contribution in [3.05, 3.63) is 72.8 Å². The van der Waals surface area contributed by atoms with Gasteiger partial charge in [0.05, 0.1) is 0 Å². The van der Waals surface area contributed by atoms with Crippen molar-refractivity contribution in [1.29, 1.82) is 0 Å². The molecule has 202 valence electrons. The van der Waals surface area contributed by atoms with Crippen molar-refractivity contribution >= 4 is 37.0 Å². The Bertz CT molecular complexity index is 972. The van der Waals surface area contributed by atoms with E-state index in [1.165, 1.54) is 4.46 Å². The fourth-order valence-corrected chi connectivity index (χ4v) is 8.26.